The molecule has 1 heterocycles. The second-order valence-corrected chi connectivity index (χ2v) is 9.05. The van der Waals surface area contributed by atoms with Crippen molar-refractivity contribution in [2.45, 2.75) is 39.7 Å². The van der Waals surface area contributed by atoms with E-state index in [-0.39, 0.29) is 41.7 Å². The van der Waals surface area contributed by atoms with E-state index in [2.05, 4.69) is 0 Å². The summed E-state index contributed by atoms with van der Waals surface area (Å²) in [4.78, 5) is 28.1. The molecule has 2 atom stereocenters. The molecule has 9 heteroatoms. The third-order valence-corrected chi connectivity index (χ3v) is 6.58. The first kappa shape index (κ1) is 29.0. The van der Waals surface area contributed by atoms with Crippen molar-refractivity contribution in [1.29, 1.82) is 5.26 Å². The average Bonchev–Trinajstić information content (AvgIpc) is 2.91. The summed E-state index contributed by atoms with van der Waals surface area (Å²) in [7, 11) is 3.26. The first-order valence-electron chi connectivity index (χ1n) is 12.0. The molecular formula is C27H36FN3O5. The summed E-state index contributed by atoms with van der Waals surface area (Å²) in [5.41, 5.74) is 2.17. The summed E-state index contributed by atoms with van der Waals surface area (Å²) >= 11 is 0. The van der Waals surface area contributed by atoms with Gasteiger partial charge in [0, 0.05) is 43.7 Å². The highest BCUT2D eigenvalue weighted by Gasteiger charge is 2.24. The molecule has 2 unspecified atom stereocenters. The lowest BCUT2D eigenvalue weighted by atomic mass is 9.88. The quantitative estimate of drug-likeness (QED) is 0.388. The van der Waals surface area contributed by atoms with Gasteiger partial charge in [0.1, 0.15) is 24.2 Å². The van der Waals surface area contributed by atoms with Gasteiger partial charge in [-0.25, -0.2) is 9.18 Å². The SMILES string of the molecule is CCN(CCN(C)CC(O)C1C/C=C/C(=O)OC/C(C)=C/1C)C(=O)Cc1cc(OC)c(C#N)cc1F. The number of nitriles is 1. The molecule has 8 nitrogen and oxygen atoms in total. The second-order valence-electron chi connectivity index (χ2n) is 9.05. The third-order valence-electron chi connectivity index (χ3n) is 6.58. The molecule has 1 aliphatic rings. The van der Waals surface area contributed by atoms with Crippen molar-refractivity contribution < 1.29 is 28.6 Å². The minimum absolute atomic E-state index is 0.0773. The molecule has 1 aromatic rings. The maximum absolute atomic E-state index is 14.4. The lowest BCUT2D eigenvalue weighted by Crippen LogP contribution is -2.41. The predicted molar refractivity (Wildman–Crippen MR) is 134 cm³/mol. The number of esters is 1. The van der Waals surface area contributed by atoms with Gasteiger partial charge in [0.15, 0.2) is 0 Å². The Morgan fingerprint density at radius 3 is 2.72 bits per heavy atom. The Morgan fingerprint density at radius 1 is 1.36 bits per heavy atom. The highest BCUT2D eigenvalue weighted by molar-refractivity contribution is 5.82. The Morgan fingerprint density at radius 2 is 2.08 bits per heavy atom. The van der Waals surface area contributed by atoms with E-state index in [0.717, 1.165) is 17.2 Å². The molecule has 36 heavy (non-hydrogen) atoms. The van der Waals surface area contributed by atoms with Crippen LogP contribution in [0.15, 0.2) is 35.4 Å². The number of hydrogen-bond donors (Lipinski definition) is 1. The molecule has 196 valence electrons. The molecule has 0 aromatic heterocycles. The van der Waals surface area contributed by atoms with Crippen molar-refractivity contribution in [3.63, 3.8) is 0 Å². The van der Waals surface area contributed by atoms with Crippen LogP contribution in [0.1, 0.15) is 38.3 Å². The molecule has 1 amide bonds. The number of aliphatic hydroxyl groups is 1. The minimum Gasteiger partial charge on any atom is -0.495 e. The monoisotopic (exact) mass is 501 g/mol. The molecule has 0 bridgehead atoms. The number of benzene rings is 1. The van der Waals surface area contributed by atoms with Crippen molar-refractivity contribution in [3.05, 3.63) is 52.4 Å². The number of aliphatic hydroxyl groups excluding tert-OH is 1. The zero-order valence-electron chi connectivity index (χ0n) is 21.7. The number of hydrogen-bond acceptors (Lipinski definition) is 7. The van der Waals surface area contributed by atoms with Crippen LogP contribution in [0.3, 0.4) is 0 Å². The van der Waals surface area contributed by atoms with Gasteiger partial charge in [-0.2, -0.15) is 5.26 Å². The number of carbonyl (C=O) groups excluding carboxylic acids is 2. The summed E-state index contributed by atoms with van der Waals surface area (Å²) in [6, 6.07) is 4.35. The van der Waals surface area contributed by atoms with Gasteiger partial charge in [0.2, 0.25) is 5.91 Å². The van der Waals surface area contributed by atoms with Crippen molar-refractivity contribution in [2.24, 2.45) is 5.92 Å². The molecule has 2 rings (SSSR count). The molecule has 1 aromatic carbocycles. The molecule has 1 aliphatic heterocycles. The van der Waals surface area contributed by atoms with E-state index in [9.17, 15) is 19.1 Å². The standard InChI is InChI=1S/C27H36FN3O5/c1-6-31(26(33)14-20-13-25(35-5)21(15-29)12-23(20)28)11-10-30(4)16-24(32)22-8-7-9-27(34)36-17-18(2)19(22)3/h7,9,12-13,22,24,32H,6,8,10-11,14,16-17H2,1-5H3/b9-7+,19-18+. The summed E-state index contributed by atoms with van der Waals surface area (Å²) in [6.45, 7) is 7.66. The number of nitrogens with zero attached hydrogens (tertiary/aromatic N) is 3. The number of cyclic esters (lactones) is 1. The van der Waals surface area contributed by atoms with Crippen LogP contribution in [0, 0.1) is 23.1 Å². The molecule has 0 saturated heterocycles. The van der Waals surface area contributed by atoms with Gasteiger partial charge in [0.05, 0.1) is 25.2 Å². The third kappa shape index (κ3) is 7.90. The zero-order chi connectivity index (χ0) is 26.8. The van der Waals surface area contributed by atoms with Crippen LogP contribution in [-0.2, 0) is 20.7 Å². The van der Waals surface area contributed by atoms with Crippen molar-refractivity contribution in [2.75, 3.05) is 46.9 Å². The van der Waals surface area contributed by atoms with Crippen LogP contribution in [0.4, 0.5) is 4.39 Å². The minimum atomic E-state index is -0.672. The normalized spacial score (nSPS) is 20.0. The van der Waals surface area contributed by atoms with Gasteiger partial charge < -0.3 is 24.4 Å². The highest BCUT2D eigenvalue weighted by atomic mass is 19.1. The Labute approximate surface area is 212 Å². The maximum atomic E-state index is 14.4. The Bertz CT molecular complexity index is 1050. The second kappa shape index (κ2) is 13.8. The molecule has 0 fully saturated rings. The van der Waals surface area contributed by atoms with E-state index in [0.29, 0.717) is 32.6 Å². The van der Waals surface area contributed by atoms with Crippen LogP contribution in [0.2, 0.25) is 0 Å². The highest BCUT2D eigenvalue weighted by Crippen LogP contribution is 2.25. The number of ether oxygens (including phenoxy) is 2. The molecule has 0 aliphatic carbocycles. The van der Waals surface area contributed by atoms with E-state index < -0.39 is 17.9 Å². The van der Waals surface area contributed by atoms with E-state index in [1.165, 1.54) is 19.3 Å². The lowest BCUT2D eigenvalue weighted by molar-refractivity contribution is -0.136. The summed E-state index contributed by atoms with van der Waals surface area (Å²) < 4.78 is 24.7. The first-order valence-corrected chi connectivity index (χ1v) is 12.0. The number of carbonyl (C=O) groups is 2. The number of likely N-dealkylation sites (N-methyl/N-ethyl adjacent to an activating group) is 2. The Balaban J connectivity index is 1.99. The van der Waals surface area contributed by atoms with Crippen LogP contribution in [0.5, 0.6) is 5.75 Å². The van der Waals surface area contributed by atoms with Gasteiger partial charge >= 0.3 is 5.97 Å². The van der Waals surface area contributed by atoms with Gasteiger partial charge in [-0.1, -0.05) is 11.6 Å². The van der Waals surface area contributed by atoms with Crippen molar-refractivity contribution >= 4 is 11.9 Å². The van der Waals surface area contributed by atoms with Crippen LogP contribution in [-0.4, -0.2) is 79.8 Å². The molecule has 0 saturated carbocycles. The van der Waals surface area contributed by atoms with Gasteiger partial charge in [0.25, 0.3) is 0 Å². The van der Waals surface area contributed by atoms with Crippen LogP contribution >= 0.6 is 0 Å². The summed E-state index contributed by atoms with van der Waals surface area (Å²) in [6.07, 6.45) is 2.83. The van der Waals surface area contributed by atoms with E-state index >= 15 is 0 Å². The van der Waals surface area contributed by atoms with E-state index in [1.54, 1.807) is 11.0 Å². The van der Waals surface area contributed by atoms with E-state index in [4.69, 9.17) is 14.7 Å². The topological polar surface area (TPSA) is 103 Å². The smallest absolute Gasteiger partial charge is 0.330 e. The van der Waals surface area contributed by atoms with Crippen LogP contribution < -0.4 is 4.74 Å². The van der Waals surface area contributed by atoms with Gasteiger partial charge in [-0.3, -0.25) is 4.79 Å². The van der Waals surface area contributed by atoms with Crippen molar-refractivity contribution in [3.8, 4) is 11.8 Å². The Kier molecular flexibility index (Phi) is 11.1. The molecule has 0 spiro atoms. The zero-order valence-corrected chi connectivity index (χ0v) is 21.7. The number of rotatable bonds is 10. The first-order chi connectivity index (χ1) is 17.1. The van der Waals surface area contributed by atoms with Crippen molar-refractivity contribution in [1.82, 2.24) is 9.80 Å². The van der Waals surface area contributed by atoms with Gasteiger partial charge in [-0.15, -0.1) is 0 Å². The fraction of sp³-hybridized carbons (Fsp3) is 0.519. The lowest BCUT2D eigenvalue weighted by Gasteiger charge is -2.30. The average molecular weight is 502 g/mol. The molecule has 0 radical (unpaired) electrons. The molecule has 1 N–H and O–H groups in total. The molecular weight excluding hydrogens is 465 g/mol. The maximum Gasteiger partial charge on any atom is 0.330 e. The largest absolute Gasteiger partial charge is 0.495 e. The number of allylic oxidation sites excluding steroid dienone is 1. The fourth-order valence-electron chi connectivity index (χ4n) is 4.14. The summed E-state index contributed by atoms with van der Waals surface area (Å²) in [5, 5.41) is 20.1. The fourth-order valence-corrected chi connectivity index (χ4v) is 4.14. The predicted octanol–water partition coefficient (Wildman–Crippen LogP) is 2.85. The Hall–Kier alpha value is -3.22. The van der Waals surface area contributed by atoms with E-state index in [1.807, 2.05) is 38.8 Å². The summed E-state index contributed by atoms with van der Waals surface area (Å²) in [5.74, 6) is -1.17. The number of halogens is 1. The number of amides is 1. The van der Waals surface area contributed by atoms with Crippen LogP contribution in [0.25, 0.3) is 0 Å². The number of methoxy groups -OCH3 is 1. The van der Waals surface area contributed by atoms with Gasteiger partial charge in [-0.05, 0) is 51.9 Å².